The predicted octanol–water partition coefficient (Wildman–Crippen LogP) is 4.64. The van der Waals surface area contributed by atoms with Crippen molar-refractivity contribution in [2.75, 3.05) is 0 Å². The van der Waals surface area contributed by atoms with Crippen LogP contribution >= 0.6 is 0 Å². The largest absolute Gasteiger partial charge is 0.360 e. The van der Waals surface area contributed by atoms with E-state index in [4.69, 9.17) is 7.74 Å². The molecule has 0 spiro atoms. The molecule has 1 aliphatic carbocycles. The maximum atomic E-state index is 13.2. The topological polar surface area (TPSA) is 0 Å². The lowest BCUT2D eigenvalue weighted by atomic mass is 9.23. The van der Waals surface area contributed by atoms with Crippen molar-refractivity contribution in [3.63, 3.8) is 0 Å². The maximum absolute atomic E-state index is 13.2. The first kappa shape index (κ1) is 18.2. The molecule has 0 amide bonds. The van der Waals surface area contributed by atoms with Gasteiger partial charge in [0.15, 0.2) is 0 Å². The summed E-state index contributed by atoms with van der Waals surface area (Å²) in [6.45, 7) is 2.08. The van der Waals surface area contributed by atoms with Gasteiger partial charge < -0.3 is 4.32 Å². The van der Waals surface area contributed by atoms with Crippen molar-refractivity contribution in [3.05, 3.63) is 0 Å². The average Bonchev–Trinajstić information content (AvgIpc) is 2.45. The van der Waals surface area contributed by atoms with Gasteiger partial charge in [0, 0.05) is 14.8 Å². The standard InChI is InChI=1S/C15H28B4F/c1-15(18-20)12-8-5-3-2-4-6-10-14(17-19-16)11-7-9-13-15/h14H,2-13H2,1H3. The summed E-state index contributed by atoms with van der Waals surface area (Å²) in [6.07, 6.45) is 14.5. The van der Waals surface area contributed by atoms with E-state index in [0.29, 0.717) is 5.82 Å². The SMILES string of the molecule is [B][B][B]C1CCCCCCCCC(C)([B]F)CCCC1. The second-order valence-corrected chi connectivity index (χ2v) is 6.81. The molecule has 1 aliphatic rings. The molecule has 0 aliphatic heterocycles. The molecule has 0 saturated heterocycles. The monoisotopic (exact) mass is 271 g/mol. The van der Waals surface area contributed by atoms with Crippen molar-refractivity contribution in [2.45, 2.75) is 95.1 Å². The Kier molecular flexibility index (Phi) is 9.90. The van der Waals surface area contributed by atoms with Gasteiger partial charge in [-0.1, -0.05) is 89.8 Å². The van der Waals surface area contributed by atoms with Crippen LogP contribution in [0.5, 0.6) is 0 Å². The summed E-state index contributed by atoms with van der Waals surface area (Å²) in [5, 5.41) is -0.191. The van der Waals surface area contributed by atoms with Crippen molar-refractivity contribution >= 4 is 29.5 Å². The van der Waals surface area contributed by atoms with Gasteiger partial charge in [-0.3, -0.25) is 0 Å². The number of halogens is 1. The molecule has 0 N–H and O–H groups in total. The molecule has 0 aromatic heterocycles. The summed E-state index contributed by atoms with van der Waals surface area (Å²) < 4.78 is 13.2. The second-order valence-electron chi connectivity index (χ2n) is 6.81. The Morgan fingerprint density at radius 2 is 1.40 bits per heavy atom. The van der Waals surface area contributed by atoms with Crippen LogP contribution in [0, 0.1) is 0 Å². The first-order valence-electron chi connectivity index (χ1n) is 8.53. The van der Waals surface area contributed by atoms with Crippen molar-refractivity contribution in [2.24, 2.45) is 0 Å². The third-order valence-corrected chi connectivity index (χ3v) is 4.79. The molecule has 107 valence electrons. The summed E-state index contributed by atoms with van der Waals surface area (Å²) in [5.41, 5.74) is 0. The van der Waals surface area contributed by atoms with Crippen LogP contribution in [0.2, 0.25) is 11.1 Å². The van der Waals surface area contributed by atoms with Gasteiger partial charge in [0.25, 0.3) is 0 Å². The Balaban J connectivity index is 2.42. The van der Waals surface area contributed by atoms with Crippen LogP contribution in [0.1, 0.15) is 84.0 Å². The number of hydrogen-bond acceptors (Lipinski definition) is 0. The first-order chi connectivity index (χ1) is 9.70. The molecule has 0 heterocycles. The number of hydrogen-bond donors (Lipinski definition) is 0. The van der Waals surface area contributed by atoms with Crippen molar-refractivity contribution in [1.82, 2.24) is 0 Å². The summed E-state index contributed by atoms with van der Waals surface area (Å²) in [6, 6.07) is 0. The van der Waals surface area contributed by atoms with Crippen LogP contribution in [0.15, 0.2) is 0 Å². The quantitative estimate of drug-likeness (QED) is 0.655. The van der Waals surface area contributed by atoms with Gasteiger partial charge in [-0.25, -0.2) is 0 Å². The van der Waals surface area contributed by atoms with Crippen molar-refractivity contribution < 1.29 is 4.32 Å². The molecule has 0 nitrogen and oxygen atoms in total. The molecule has 1 saturated carbocycles. The van der Waals surface area contributed by atoms with Gasteiger partial charge in [0.05, 0.1) is 7.17 Å². The van der Waals surface area contributed by atoms with E-state index in [-0.39, 0.29) is 5.31 Å². The molecule has 2 unspecified atom stereocenters. The smallest absolute Gasteiger partial charge is 0.342 e. The lowest BCUT2D eigenvalue weighted by Gasteiger charge is -2.26. The predicted molar refractivity (Wildman–Crippen MR) is 91.6 cm³/mol. The van der Waals surface area contributed by atoms with Crippen LogP contribution < -0.4 is 0 Å². The normalized spacial score (nSPS) is 31.0. The van der Waals surface area contributed by atoms with E-state index in [1.54, 1.807) is 7.06 Å². The summed E-state index contributed by atoms with van der Waals surface area (Å²) in [4.78, 5) is 0. The molecule has 0 aromatic carbocycles. The zero-order valence-electron chi connectivity index (χ0n) is 13.2. The van der Waals surface area contributed by atoms with Crippen LogP contribution in [0.3, 0.4) is 0 Å². The highest BCUT2D eigenvalue weighted by molar-refractivity contribution is 7.24. The van der Waals surface area contributed by atoms with Gasteiger partial charge in [0.2, 0.25) is 0 Å². The fraction of sp³-hybridized carbons (Fsp3) is 1.00. The summed E-state index contributed by atoms with van der Waals surface area (Å²) in [5.74, 6) is 0.628. The molecule has 5 radical (unpaired) electrons. The van der Waals surface area contributed by atoms with E-state index in [0.717, 1.165) is 26.8 Å². The number of rotatable bonds is 3. The molecule has 2 atom stereocenters. The molecule has 0 bridgehead atoms. The molecule has 5 heteroatoms. The van der Waals surface area contributed by atoms with Crippen LogP contribution in [0.4, 0.5) is 4.32 Å². The van der Waals surface area contributed by atoms with Crippen LogP contribution in [0.25, 0.3) is 0 Å². The Morgan fingerprint density at radius 1 is 0.900 bits per heavy atom. The van der Waals surface area contributed by atoms with Gasteiger partial charge in [-0.15, -0.1) is 0 Å². The van der Waals surface area contributed by atoms with Gasteiger partial charge in [-0.05, 0) is 5.31 Å². The van der Waals surface area contributed by atoms with E-state index in [1.165, 1.54) is 57.8 Å². The van der Waals surface area contributed by atoms with Crippen LogP contribution in [-0.2, 0) is 0 Å². The minimum absolute atomic E-state index is 0.191. The van der Waals surface area contributed by atoms with E-state index in [1.807, 2.05) is 0 Å². The van der Waals surface area contributed by atoms with Crippen LogP contribution in [-0.4, -0.2) is 29.5 Å². The fourth-order valence-electron chi connectivity index (χ4n) is 3.31. The second kappa shape index (κ2) is 10.9. The fourth-order valence-corrected chi connectivity index (χ4v) is 3.31. The van der Waals surface area contributed by atoms with Crippen molar-refractivity contribution in [3.8, 4) is 0 Å². The van der Waals surface area contributed by atoms with Gasteiger partial charge in [0.1, 0.15) is 0 Å². The molecular weight excluding hydrogens is 242 g/mol. The summed E-state index contributed by atoms with van der Waals surface area (Å²) >= 11 is 0. The highest BCUT2D eigenvalue weighted by Gasteiger charge is 2.25. The molecular formula is C15H28B4F. The maximum Gasteiger partial charge on any atom is 0.360 e. The first-order valence-corrected chi connectivity index (χ1v) is 8.53. The lowest BCUT2D eigenvalue weighted by Crippen LogP contribution is -2.15. The van der Waals surface area contributed by atoms with E-state index >= 15 is 0 Å². The Bertz CT molecular complexity index is 240. The zero-order valence-corrected chi connectivity index (χ0v) is 13.2. The molecule has 1 fully saturated rings. The molecule has 1 rings (SSSR count). The van der Waals surface area contributed by atoms with E-state index < -0.39 is 0 Å². The van der Waals surface area contributed by atoms with E-state index in [9.17, 15) is 4.32 Å². The minimum atomic E-state index is -0.191. The Hall–Kier alpha value is 0.190. The molecule has 0 aromatic rings. The highest BCUT2D eigenvalue weighted by atomic mass is 19.1. The van der Waals surface area contributed by atoms with Gasteiger partial charge in [-0.2, -0.15) is 0 Å². The van der Waals surface area contributed by atoms with E-state index in [2.05, 4.69) is 14.1 Å². The van der Waals surface area contributed by atoms with Crippen molar-refractivity contribution in [1.29, 1.82) is 0 Å². The average molecular weight is 271 g/mol. The molecule has 20 heavy (non-hydrogen) atoms. The third-order valence-electron chi connectivity index (χ3n) is 4.79. The Labute approximate surface area is 129 Å². The lowest BCUT2D eigenvalue weighted by molar-refractivity contribution is 0.424. The highest BCUT2D eigenvalue weighted by Crippen LogP contribution is 2.38. The minimum Gasteiger partial charge on any atom is -0.342 e. The Morgan fingerprint density at radius 3 is 2.00 bits per heavy atom. The summed E-state index contributed by atoms with van der Waals surface area (Å²) in [7, 11) is 10.4. The zero-order chi connectivity index (χ0) is 14.7. The third kappa shape index (κ3) is 7.84. The van der Waals surface area contributed by atoms with Gasteiger partial charge >= 0.3 is 7.56 Å².